The molecular formula is C11H22N2O2Si. The SMILES string of the molecule is CCN(CC)C(=O)CC(C#N)O[Si](C)(C)C. The van der Waals surface area contributed by atoms with Crippen LogP contribution in [0.15, 0.2) is 0 Å². The van der Waals surface area contributed by atoms with E-state index < -0.39 is 14.4 Å². The summed E-state index contributed by atoms with van der Waals surface area (Å²) in [5, 5.41) is 8.94. The van der Waals surface area contributed by atoms with Crippen molar-refractivity contribution >= 4 is 14.2 Å². The highest BCUT2D eigenvalue weighted by Crippen LogP contribution is 2.10. The van der Waals surface area contributed by atoms with Crippen molar-refractivity contribution in [2.45, 2.75) is 46.0 Å². The number of nitriles is 1. The van der Waals surface area contributed by atoms with Crippen LogP contribution in [-0.4, -0.2) is 38.3 Å². The minimum atomic E-state index is -1.76. The van der Waals surface area contributed by atoms with E-state index in [2.05, 4.69) is 6.07 Å². The quantitative estimate of drug-likeness (QED) is 0.669. The molecule has 0 aliphatic heterocycles. The van der Waals surface area contributed by atoms with E-state index in [-0.39, 0.29) is 12.3 Å². The molecule has 1 atom stereocenters. The highest BCUT2D eigenvalue weighted by molar-refractivity contribution is 6.69. The number of hydrogen-bond acceptors (Lipinski definition) is 3. The van der Waals surface area contributed by atoms with E-state index >= 15 is 0 Å². The molecule has 0 saturated heterocycles. The van der Waals surface area contributed by atoms with Gasteiger partial charge in [-0.2, -0.15) is 5.26 Å². The van der Waals surface area contributed by atoms with Crippen LogP contribution in [0.1, 0.15) is 20.3 Å². The zero-order chi connectivity index (χ0) is 12.8. The number of amides is 1. The second kappa shape index (κ2) is 6.66. The van der Waals surface area contributed by atoms with E-state index in [1.807, 2.05) is 33.5 Å². The van der Waals surface area contributed by atoms with E-state index in [4.69, 9.17) is 9.69 Å². The molecule has 1 unspecified atom stereocenters. The molecule has 0 N–H and O–H groups in total. The summed E-state index contributed by atoms with van der Waals surface area (Å²) in [5.74, 6) is -0.00481. The van der Waals surface area contributed by atoms with Gasteiger partial charge in [0.25, 0.3) is 0 Å². The highest BCUT2D eigenvalue weighted by atomic mass is 28.4. The van der Waals surface area contributed by atoms with Crippen LogP contribution in [0.5, 0.6) is 0 Å². The van der Waals surface area contributed by atoms with Crippen molar-refractivity contribution in [1.82, 2.24) is 4.90 Å². The molecule has 0 aromatic heterocycles. The molecule has 0 aliphatic carbocycles. The molecule has 0 rings (SSSR count). The lowest BCUT2D eigenvalue weighted by atomic mass is 10.2. The van der Waals surface area contributed by atoms with Crippen molar-refractivity contribution in [3.05, 3.63) is 0 Å². The summed E-state index contributed by atoms with van der Waals surface area (Å²) in [4.78, 5) is 13.5. The summed E-state index contributed by atoms with van der Waals surface area (Å²) < 4.78 is 5.63. The van der Waals surface area contributed by atoms with E-state index in [1.165, 1.54) is 0 Å². The van der Waals surface area contributed by atoms with Crippen LogP contribution in [-0.2, 0) is 9.22 Å². The third kappa shape index (κ3) is 5.88. The van der Waals surface area contributed by atoms with Crippen molar-refractivity contribution in [1.29, 1.82) is 5.26 Å². The molecule has 4 nitrogen and oxygen atoms in total. The Morgan fingerprint density at radius 1 is 1.38 bits per heavy atom. The summed E-state index contributed by atoms with van der Waals surface area (Å²) in [5.41, 5.74) is 0. The zero-order valence-corrected chi connectivity index (χ0v) is 11.9. The molecule has 5 heteroatoms. The Hall–Kier alpha value is -0.863. The molecule has 0 radical (unpaired) electrons. The highest BCUT2D eigenvalue weighted by Gasteiger charge is 2.24. The average Bonchev–Trinajstić information content (AvgIpc) is 2.16. The smallest absolute Gasteiger partial charge is 0.226 e. The van der Waals surface area contributed by atoms with Crippen LogP contribution in [0.25, 0.3) is 0 Å². The topological polar surface area (TPSA) is 53.3 Å². The van der Waals surface area contributed by atoms with E-state index in [0.717, 1.165) is 0 Å². The molecule has 1 amide bonds. The number of nitrogens with zero attached hydrogens (tertiary/aromatic N) is 2. The molecule has 0 spiro atoms. The first-order valence-electron chi connectivity index (χ1n) is 5.69. The van der Waals surface area contributed by atoms with Crippen LogP contribution in [0, 0.1) is 11.3 Å². The lowest BCUT2D eigenvalue weighted by Crippen LogP contribution is -2.37. The molecule has 0 heterocycles. The van der Waals surface area contributed by atoms with E-state index in [0.29, 0.717) is 13.1 Å². The van der Waals surface area contributed by atoms with Gasteiger partial charge in [-0.25, -0.2) is 0 Å². The van der Waals surface area contributed by atoms with Gasteiger partial charge in [-0.15, -0.1) is 0 Å². The predicted molar refractivity (Wildman–Crippen MR) is 66.4 cm³/mol. The van der Waals surface area contributed by atoms with Gasteiger partial charge in [-0.1, -0.05) is 0 Å². The maximum absolute atomic E-state index is 11.8. The Kier molecular flexibility index (Phi) is 6.30. The zero-order valence-electron chi connectivity index (χ0n) is 10.9. The Bertz CT molecular complexity index is 264. The summed E-state index contributed by atoms with van der Waals surface area (Å²) in [7, 11) is -1.76. The average molecular weight is 242 g/mol. The van der Waals surface area contributed by atoms with Crippen LogP contribution < -0.4 is 0 Å². The predicted octanol–water partition coefficient (Wildman–Crippen LogP) is 1.99. The fourth-order valence-electron chi connectivity index (χ4n) is 1.40. The molecule has 0 bridgehead atoms. The lowest BCUT2D eigenvalue weighted by molar-refractivity contribution is -0.132. The number of carbonyl (C=O) groups excluding carboxylic acids is 1. The van der Waals surface area contributed by atoms with Gasteiger partial charge in [0.15, 0.2) is 8.32 Å². The minimum Gasteiger partial charge on any atom is -0.402 e. The maximum Gasteiger partial charge on any atom is 0.226 e. The van der Waals surface area contributed by atoms with Crippen molar-refractivity contribution in [3.63, 3.8) is 0 Å². The number of hydrogen-bond donors (Lipinski definition) is 0. The number of carbonyl (C=O) groups is 1. The maximum atomic E-state index is 11.8. The second-order valence-electron chi connectivity index (χ2n) is 4.62. The Morgan fingerprint density at radius 3 is 2.19 bits per heavy atom. The van der Waals surface area contributed by atoms with Gasteiger partial charge in [0.2, 0.25) is 5.91 Å². The summed E-state index contributed by atoms with van der Waals surface area (Å²) in [6, 6.07) is 2.06. The van der Waals surface area contributed by atoms with Crippen molar-refractivity contribution in [2.75, 3.05) is 13.1 Å². The molecule has 92 valence electrons. The fraction of sp³-hybridized carbons (Fsp3) is 0.818. The molecular weight excluding hydrogens is 220 g/mol. The van der Waals surface area contributed by atoms with Gasteiger partial charge in [0.1, 0.15) is 6.10 Å². The molecule has 0 saturated carbocycles. The lowest BCUT2D eigenvalue weighted by Gasteiger charge is -2.24. The standard InChI is InChI=1S/C11H22N2O2Si/c1-6-13(7-2)11(14)8-10(9-12)15-16(3,4)5/h10H,6-8H2,1-5H3. The first-order valence-corrected chi connectivity index (χ1v) is 9.10. The Morgan fingerprint density at radius 2 is 1.88 bits per heavy atom. The molecule has 0 aromatic rings. The second-order valence-corrected chi connectivity index (χ2v) is 9.08. The Balaban J connectivity index is 4.34. The van der Waals surface area contributed by atoms with Crippen LogP contribution in [0.2, 0.25) is 19.6 Å². The van der Waals surface area contributed by atoms with Crippen molar-refractivity contribution < 1.29 is 9.22 Å². The molecule has 16 heavy (non-hydrogen) atoms. The van der Waals surface area contributed by atoms with Gasteiger partial charge in [0, 0.05) is 13.1 Å². The normalized spacial score (nSPS) is 13.0. The van der Waals surface area contributed by atoms with E-state index in [9.17, 15) is 4.79 Å². The molecule has 0 aromatic carbocycles. The van der Waals surface area contributed by atoms with Crippen molar-refractivity contribution in [3.8, 4) is 6.07 Å². The van der Waals surface area contributed by atoms with Gasteiger partial charge < -0.3 is 9.33 Å². The van der Waals surface area contributed by atoms with Gasteiger partial charge >= 0.3 is 0 Å². The molecule has 0 fully saturated rings. The third-order valence-corrected chi connectivity index (χ3v) is 3.11. The summed E-state index contributed by atoms with van der Waals surface area (Å²) >= 11 is 0. The summed E-state index contributed by atoms with van der Waals surface area (Å²) in [6.45, 7) is 11.3. The fourth-order valence-corrected chi connectivity index (χ4v) is 2.39. The van der Waals surface area contributed by atoms with Gasteiger partial charge in [-0.05, 0) is 33.5 Å². The summed E-state index contributed by atoms with van der Waals surface area (Å²) in [6.07, 6.45) is -0.428. The van der Waals surface area contributed by atoms with Crippen LogP contribution in [0.4, 0.5) is 0 Å². The van der Waals surface area contributed by atoms with Gasteiger partial charge in [0.05, 0.1) is 12.5 Å². The first kappa shape index (κ1) is 15.1. The minimum absolute atomic E-state index is 0.00481. The third-order valence-electron chi connectivity index (χ3n) is 2.12. The number of rotatable bonds is 6. The van der Waals surface area contributed by atoms with Crippen LogP contribution in [0.3, 0.4) is 0 Å². The van der Waals surface area contributed by atoms with Crippen molar-refractivity contribution in [2.24, 2.45) is 0 Å². The monoisotopic (exact) mass is 242 g/mol. The van der Waals surface area contributed by atoms with Crippen LogP contribution >= 0.6 is 0 Å². The largest absolute Gasteiger partial charge is 0.402 e. The first-order chi connectivity index (χ1) is 7.34. The Labute approximate surface area is 99.3 Å². The van der Waals surface area contributed by atoms with E-state index in [1.54, 1.807) is 4.90 Å². The van der Waals surface area contributed by atoms with Gasteiger partial charge in [-0.3, -0.25) is 4.79 Å². The molecule has 0 aliphatic rings.